The number of carbonyl (C=O) groups is 2. The summed E-state index contributed by atoms with van der Waals surface area (Å²) in [6.45, 7) is 0.0890. The van der Waals surface area contributed by atoms with Gasteiger partial charge in [0.15, 0.2) is 11.5 Å². The number of fused-ring (bicyclic) bond motifs is 1. The molecule has 0 aliphatic carbocycles. The molecular formula is C20H16N2O4S. The fourth-order valence-electron chi connectivity index (χ4n) is 2.75. The van der Waals surface area contributed by atoms with Gasteiger partial charge in [-0.05, 0) is 23.8 Å². The van der Waals surface area contributed by atoms with Crippen LogP contribution in [0.15, 0.2) is 60.7 Å². The van der Waals surface area contributed by atoms with E-state index in [1.807, 2.05) is 36.4 Å². The van der Waals surface area contributed by atoms with E-state index in [1.54, 1.807) is 24.3 Å². The highest BCUT2D eigenvalue weighted by molar-refractivity contribution is 7.20. The van der Waals surface area contributed by atoms with Crippen molar-refractivity contribution in [2.75, 3.05) is 11.9 Å². The molecule has 1 aromatic heterocycles. The quantitative estimate of drug-likeness (QED) is 0.727. The third-order valence-electron chi connectivity index (χ3n) is 4.09. The molecule has 0 saturated heterocycles. The zero-order valence-electron chi connectivity index (χ0n) is 14.2. The number of thiophene rings is 1. The minimum atomic E-state index is -0.817. The van der Waals surface area contributed by atoms with E-state index in [2.05, 4.69) is 5.32 Å². The van der Waals surface area contributed by atoms with E-state index in [0.717, 1.165) is 10.4 Å². The van der Waals surface area contributed by atoms with Crippen molar-refractivity contribution in [1.82, 2.24) is 0 Å². The van der Waals surface area contributed by atoms with E-state index in [-0.39, 0.29) is 12.2 Å². The molecule has 4 rings (SSSR count). The number of primary amides is 1. The maximum absolute atomic E-state index is 12.6. The second-order valence-corrected chi connectivity index (χ2v) is 6.99. The summed E-state index contributed by atoms with van der Waals surface area (Å²) in [5.74, 6) is 0.111. The van der Waals surface area contributed by atoms with Crippen molar-refractivity contribution in [3.63, 3.8) is 0 Å². The van der Waals surface area contributed by atoms with Crippen molar-refractivity contribution < 1.29 is 19.1 Å². The van der Waals surface area contributed by atoms with Crippen molar-refractivity contribution in [2.24, 2.45) is 5.73 Å². The molecule has 0 fully saturated rings. The molecule has 0 radical (unpaired) electrons. The molecule has 3 aromatic rings. The number of ether oxygens (including phenoxy) is 2. The molecule has 2 heterocycles. The van der Waals surface area contributed by atoms with E-state index < -0.39 is 17.9 Å². The van der Waals surface area contributed by atoms with E-state index in [4.69, 9.17) is 15.2 Å². The summed E-state index contributed by atoms with van der Waals surface area (Å²) in [6, 6.07) is 18.4. The fourth-order valence-corrected chi connectivity index (χ4v) is 3.82. The van der Waals surface area contributed by atoms with Crippen LogP contribution in [0.4, 0.5) is 5.00 Å². The Bertz CT molecular complexity index is 1000. The summed E-state index contributed by atoms with van der Waals surface area (Å²) in [4.78, 5) is 25.3. The number of para-hydroxylation sites is 2. The largest absolute Gasteiger partial charge is 0.485 e. The molecule has 1 atom stereocenters. The van der Waals surface area contributed by atoms with Gasteiger partial charge in [-0.2, -0.15) is 0 Å². The van der Waals surface area contributed by atoms with Crippen LogP contribution in [0.5, 0.6) is 11.5 Å². The van der Waals surface area contributed by atoms with Crippen LogP contribution < -0.4 is 20.5 Å². The maximum atomic E-state index is 12.6. The Morgan fingerprint density at radius 2 is 1.74 bits per heavy atom. The Morgan fingerprint density at radius 1 is 1.04 bits per heavy atom. The van der Waals surface area contributed by atoms with E-state index in [0.29, 0.717) is 16.5 Å². The van der Waals surface area contributed by atoms with Gasteiger partial charge in [0.1, 0.15) is 11.6 Å². The van der Waals surface area contributed by atoms with Gasteiger partial charge in [-0.1, -0.05) is 42.5 Å². The molecule has 0 spiro atoms. The molecule has 0 bridgehead atoms. The van der Waals surface area contributed by atoms with Crippen LogP contribution in [-0.4, -0.2) is 24.5 Å². The number of amides is 2. The van der Waals surface area contributed by atoms with Crippen molar-refractivity contribution >= 4 is 28.2 Å². The maximum Gasteiger partial charge on any atom is 0.269 e. The Kier molecular flexibility index (Phi) is 4.52. The van der Waals surface area contributed by atoms with Gasteiger partial charge in [0, 0.05) is 4.88 Å². The van der Waals surface area contributed by atoms with Crippen LogP contribution in [0.1, 0.15) is 10.4 Å². The Labute approximate surface area is 159 Å². The smallest absolute Gasteiger partial charge is 0.269 e. The first-order valence-electron chi connectivity index (χ1n) is 8.30. The first-order valence-corrected chi connectivity index (χ1v) is 9.12. The van der Waals surface area contributed by atoms with Gasteiger partial charge in [0.25, 0.3) is 11.8 Å². The van der Waals surface area contributed by atoms with Crippen LogP contribution >= 0.6 is 11.3 Å². The summed E-state index contributed by atoms with van der Waals surface area (Å²) in [5, 5.41) is 3.15. The summed E-state index contributed by atoms with van der Waals surface area (Å²) in [7, 11) is 0. The highest BCUT2D eigenvalue weighted by Gasteiger charge is 2.28. The normalized spacial score (nSPS) is 15.2. The van der Waals surface area contributed by atoms with Crippen molar-refractivity contribution in [1.29, 1.82) is 0 Å². The number of carbonyl (C=O) groups excluding carboxylic acids is 2. The highest BCUT2D eigenvalue weighted by Crippen LogP contribution is 2.36. The van der Waals surface area contributed by atoms with Gasteiger partial charge in [0.05, 0.1) is 5.56 Å². The van der Waals surface area contributed by atoms with E-state index in [1.165, 1.54) is 11.3 Å². The lowest BCUT2D eigenvalue weighted by Crippen LogP contribution is -2.40. The molecule has 0 unspecified atom stereocenters. The van der Waals surface area contributed by atoms with Crippen LogP contribution in [0.2, 0.25) is 0 Å². The predicted molar refractivity (Wildman–Crippen MR) is 103 cm³/mol. The number of hydrogen-bond donors (Lipinski definition) is 2. The molecular weight excluding hydrogens is 364 g/mol. The van der Waals surface area contributed by atoms with Gasteiger partial charge >= 0.3 is 0 Å². The van der Waals surface area contributed by atoms with Gasteiger partial charge in [-0.15, -0.1) is 11.3 Å². The van der Waals surface area contributed by atoms with E-state index in [9.17, 15) is 9.59 Å². The lowest BCUT2D eigenvalue weighted by atomic mass is 10.1. The molecule has 7 heteroatoms. The SMILES string of the molecule is NC(=O)c1cc(-c2ccccc2)sc1NC(=O)[C@@H]1COc2ccccc2O1. The molecule has 6 nitrogen and oxygen atoms in total. The Morgan fingerprint density at radius 3 is 2.48 bits per heavy atom. The average Bonchev–Trinajstić information content (AvgIpc) is 3.12. The van der Waals surface area contributed by atoms with Gasteiger partial charge in [-0.25, -0.2) is 0 Å². The van der Waals surface area contributed by atoms with Crippen LogP contribution in [0.25, 0.3) is 10.4 Å². The average molecular weight is 380 g/mol. The third kappa shape index (κ3) is 3.50. The van der Waals surface area contributed by atoms with Gasteiger partial charge in [0.2, 0.25) is 6.10 Å². The van der Waals surface area contributed by atoms with Crippen LogP contribution in [0.3, 0.4) is 0 Å². The number of nitrogens with two attached hydrogens (primary N) is 1. The predicted octanol–water partition coefficient (Wildman–Crippen LogP) is 3.29. The molecule has 27 heavy (non-hydrogen) atoms. The minimum absolute atomic E-state index is 0.0890. The summed E-state index contributed by atoms with van der Waals surface area (Å²) >= 11 is 1.29. The first-order chi connectivity index (χ1) is 13.1. The molecule has 1 aliphatic heterocycles. The zero-order chi connectivity index (χ0) is 18.8. The molecule has 2 amide bonds. The summed E-state index contributed by atoms with van der Waals surface area (Å²) in [6.07, 6.45) is -0.817. The van der Waals surface area contributed by atoms with Crippen molar-refractivity contribution in [3.8, 4) is 21.9 Å². The Balaban J connectivity index is 1.56. The van der Waals surface area contributed by atoms with E-state index >= 15 is 0 Å². The summed E-state index contributed by atoms with van der Waals surface area (Å²) < 4.78 is 11.3. The highest BCUT2D eigenvalue weighted by atomic mass is 32.1. The monoisotopic (exact) mass is 380 g/mol. The number of hydrogen-bond acceptors (Lipinski definition) is 5. The number of anilines is 1. The number of rotatable bonds is 4. The van der Waals surface area contributed by atoms with Crippen molar-refractivity contribution in [3.05, 3.63) is 66.2 Å². The molecule has 3 N–H and O–H groups in total. The van der Waals surface area contributed by atoms with Gasteiger partial charge in [-0.3, -0.25) is 9.59 Å². The number of benzene rings is 2. The topological polar surface area (TPSA) is 90.7 Å². The second kappa shape index (κ2) is 7.13. The molecule has 2 aromatic carbocycles. The lowest BCUT2D eigenvalue weighted by molar-refractivity contribution is -0.125. The molecule has 0 saturated carbocycles. The number of nitrogens with one attached hydrogen (secondary N) is 1. The molecule has 1 aliphatic rings. The zero-order valence-corrected chi connectivity index (χ0v) is 15.0. The third-order valence-corrected chi connectivity index (χ3v) is 5.19. The van der Waals surface area contributed by atoms with Crippen molar-refractivity contribution in [2.45, 2.75) is 6.10 Å². The Hall–Kier alpha value is -3.32. The standard InChI is InChI=1S/C20H16N2O4S/c21-18(23)13-10-17(12-6-2-1-3-7-12)27-20(13)22-19(24)16-11-25-14-8-4-5-9-15(14)26-16/h1-10,16H,11H2,(H2,21,23)(H,22,24)/t16-/m0/s1. The lowest BCUT2D eigenvalue weighted by Gasteiger charge is -2.25. The summed E-state index contributed by atoms with van der Waals surface area (Å²) in [5.41, 5.74) is 6.69. The molecule has 136 valence electrons. The second-order valence-electron chi connectivity index (χ2n) is 5.94. The van der Waals surface area contributed by atoms with Gasteiger partial charge < -0.3 is 20.5 Å². The van der Waals surface area contributed by atoms with Crippen LogP contribution in [-0.2, 0) is 4.79 Å². The fraction of sp³-hybridized carbons (Fsp3) is 0.100. The minimum Gasteiger partial charge on any atom is -0.485 e. The van der Waals surface area contributed by atoms with Crippen LogP contribution in [0, 0.1) is 0 Å². The first kappa shape index (κ1) is 17.1.